The summed E-state index contributed by atoms with van der Waals surface area (Å²) in [5, 5.41) is 2.98. The zero-order valence-electron chi connectivity index (χ0n) is 18.4. The molecule has 0 spiro atoms. The molecular weight excluding hydrogens is 406 g/mol. The lowest BCUT2D eigenvalue weighted by Crippen LogP contribution is -2.36. The van der Waals surface area contributed by atoms with Gasteiger partial charge in [-0.25, -0.2) is 0 Å². The fourth-order valence-electron chi connectivity index (χ4n) is 4.17. The van der Waals surface area contributed by atoms with E-state index in [2.05, 4.69) is 16.3 Å². The Morgan fingerprint density at radius 1 is 1.00 bits per heavy atom. The normalized spacial score (nSPS) is 16.3. The second-order valence-electron chi connectivity index (χ2n) is 8.35. The van der Waals surface area contributed by atoms with Crippen molar-refractivity contribution in [2.24, 2.45) is 0 Å². The van der Waals surface area contributed by atoms with Crippen LogP contribution >= 0.6 is 0 Å². The molecule has 1 N–H and O–H groups in total. The van der Waals surface area contributed by atoms with Crippen molar-refractivity contribution < 1.29 is 19.1 Å². The largest absolute Gasteiger partial charge is 0.379 e. The number of imide groups is 1. The third kappa shape index (κ3) is 5.06. The van der Waals surface area contributed by atoms with Crippen LogP contribution in [-0.2, 0) is 22.6 Å². The van der Waals surface area contributed by atoms with Crippen molar-refractivity contribution >= 4 is 17.7 Å². The minimum atomic E-state index is -0.276. The quantitative estimate of drug-likeness (QED) is 0.645. The summed E-state index contributed by atoms with van der Waals surface area (Å²) in [6, 6.07) is 13.4. The minimum absolute atomic E-state index is 0.0846. The van der Waals surface area contributed by atoms with Crippen LogP contribution in [0, 0.1) is 6.92 Å². The molecule has 0 aromatic heterocycles. The Labute approximate surface area is 188 Å². The molecule has 0 aliphatic carbocycles. The molecular formula is C25H29N3O4. The van der Waals surface area contributed by atoms with Crippen molar-refractivity contribution in [3.8, 4) is 0 Å². The smallest absolute Gasteiger partial charge is 0.261 e. The molecule has 0 saturated carbocycles. The van der Waals surface area contributed by atoms with Gasteiger partial charge in [0.1, 0.15) is 0 Å². The lowest BCUT2D eigenvalue weighted by Gasteiger charge is -2.27. The molecule has 168 valence electrons. The van der Waals surface area contributed by atoms with E-state index in [0.29, 0.717) is 24.1 Å². The minimum Gasteiger partial charge on any atom is -0.379 e. The van der Waals surface area contributed by atoms with Gasteiger partial charge in [-0.05, 0) is 36.6 Å². The molecule has 0 atom stereocenters. The number of hydrogen-bond acceptors (Lipinski definition) is 5. The first-order valence-corrected chi connectivity index (χ1v) is 11.1. The molecule has 0 radical (unpaired) electrons. The Balaban J connectivity index is 1.25. The Bertz CT molecular complexity index is 1010. The van der Waals surface area contributed by atoms with Gasteiger partial charge in [0.2, 0.25) is 5.91 Å². The Kier molecular flexibility index (Phi) is 6.97. The zero-order chi connectivity index (χ0) is 22.5. The molecule has 0 unspecified atom stereocenters. The number of amides is 3. The van der Waals surface area contributed by atoms with Gasteiger partial charge in [-0.15, -0.1) is 0 Å². The number of carbonyl (C=O) groups is 3. The first-order chi connectivity index (χ1) is 15.5. The number of carbonyl (C=O) groups excluding carboxylic acids is 3. The SMILES string of the molecule is Cc1ccc2c(c1)C(=O)N(CCCC(=O)NCc1ccccc1CN1CCOCC1)C2=O. The van der Waals surface area contributed by atoms with Crippen LogP contribution in [-0.4, -0.2) is 60.4 Å². The van der Waals surface area contributed by atoms with Crippen molar-refractivity contribution in [2.75, 3.05) is 32.8 Å². The lowest BCUT2D eigenvalue weighted by molar-refractivity contribution is -0.121. The van der Waals surface area contributed by atoms with Crippen molar-refractivity contribution in [3.63, 3.8) is 0 Å². The summed E-state index contributed by atoms with van der Waals surface area (Å²) in [7, 11) is 0. The van der Waals surface area contributed by atoms with E-state index in [0.717, 1.165) is 44.0 Å². The van der Waals surface area contributed by atoms with Crippen LogP contribution in [0.25, 0.3) is 0 Å². The summed E-state index contributed by atoms with van der Waals surface area (Å²) >= 11 is 0. The second-order valence-corrected chi connectivity index (χ2v) is 8.35. The number of ether oxygens (including phenoxy) is 1. The molecule has 32 heavy (non-hydrogen) atoms. The maximum Gasteiger partial charge on any atom is 0.261 e. The number of benzene rings is 2. The summed E-state index contributed by atoms with van der Waals surface area (Å²) in [6.07, 6.45) is 0.698. The topological polar surface area (TPSA) is 79.0 Å². The van der Waals surface area contributed by atoms with Gasteiger partial charge in [0.05, 0.1) is 24.3 Å². The van der Waals surface area contributed by atoms with Gasteiger partial charge in [0.15, 0.2) is 0 Å². The molecule has 1 fully saturated rings. The van der Waals surface area contributed by atoms with E-state index in [-0.39, 0.29) is 30.7 Å². The number of hydrogen-bond donors (Lipinski definition) is 1. The van der Waals surface area contributed by atoms with Crippen LogP contribution in [0.1, 0.15) is 50.2 Å². The van der Waals surface area contributed by atoms with Crippen LogP contribution in [0.15, 0.2) is 42.5 Å². The lowest BCUT2D eigenvalue weighted by atomic mass is 10.1. The molecule has 2 aromatic carbocycles. The molecule has 7 heteroatoms. The average Bonchev–Trinajstić information content (AvgIpc) is 3.03. The van der Waals surface area contributed by atoms with Gasteiger partial charge >= 0.3 is 0 Å². The summed E-state index contributed by atoms with van der Waals surface area (Å²) in [4.78, 5) is 41.0. The highest BCUT2D eigenvalue weighted by Gasteiger charge is 2.34. The number of nitrogens with zero attached hydrogens (tertiary/aromatic N) is 2. The van der Waals surface area contributed by atoms with Crippen LogP contribution < -0.4 is 5.32 Å². The van der Waals surface area contributed by atoms with E-state index in [1.807, 2.05) is 31.2 Å². The molecule has 1 saturated heterocycles. The molecule has 3 amide bonds. The third-order valence-electron chi connectivity index (χ3n) is 6.00. The van der Waals surface area contributed by atoms with E-state index in [4.69, 9.17) is 4.74 Å². The van der Waals surface area contributed by atoms with Gasteiger partial charge in [0.25, 0.3) is 11.8 Å². The first-order valence-electron chi connectivity index (χ1n) is 11.1. The number of morpholine rings is 1. The molecule has 2 aromatic rings. The average molecular weight is 436 g/mol. The van der Waals surface area contributed by atoms with Gasteiger partial charge in [-0.1, -0.05) is 35.9 Å². The summed E-state index contributed by atoms with van der Waals surface area (Å²) < 4.78 is 5.41. The predicted molar refractivity (Wildman–Crippen MR) is 120 cm³/mol. The Morgan fingerprint density at radius 2 is 1.72 bits per heavy atom. The number of fused-ring (bicyclic) bond motifs is 1. The van der Waals surface area contributed by atoms with Crippen molar-refractivity contribution in [1.82, 2.24) is 15.1 Å². The number of rotatable bonds is 8. The molecule has 2 aliphatic rings. The summed E-state index contributed by atoms with van der Waals surface area (Å²) in [6.45, 7) is 6.78. The maximum atomic E-state index is 12.5. The van der Waals surface area contributed by atoms with Gasteiger partial charge < -0.3 is 10.1 Å². The van der Waals surface area contributed by atoms with Crippen molar-refractivity contribution in [3.05, 3.63) is 70.3 Å². The van der Waals surface area contributed by atoms with E-state index in [9.17, 15) is 14.4 Å². The Hall–Kier alpha value is -3.03. The first kappa shape index (κ1) is 22.2. The van der Waals surface area contributed by atoms with Gasteiger partial charge in [-0.2, -0.15) is 0 Å². The number of aryl methyl sites for hydroxylation is 1. The Morgan fingerprint density at radius 3 is 2.50 bits per heavy atom. The summed E-state index contributed by atoms with van der Waals surface area (Å²) in [5.41, 5.74) is 4.15. The molecule has 2 heterocycles. The van der Waals surface area contributed by atoms with Crippen LogP contribution in [0.5, 0.6) is 0 Å². The molecule has 4 rings (SSSR count). The van der Waals surface area contributed by atoms with Gasteiger partial charge in [-0.3, -0.25) is 24.2 Å². The molecule has 7 nitrogen and oxygen atoms in total. The van der Waals surface area contributed by atoms with E-state index in [1.165, 1.54) is 10.5 Å². The van der Waals surface area contributed by atoms with Crippen LogP contribution in [0.4, 0.5) is 0 Å². The van der Waals surface area contributed by atoms with E-state index in [1.54, 1.807) is 12.1 Å². The van der Waals surface area contributed by atoms with E-state index >= 15 is 0 Å². The van der Waals surface area contributed by atoms with Crippen molar-refractivity contribution in [2.45, 2.75) is 32.9 Å². The second kappa shape index (κ2) is 10.1. The fourth-order valence-corrected chi connectivity index (χ4v) is 4.17. The van der Waals surface area contributed by atoms with Crippen molar-refractivity contribution in [1.29, 1.82) is 0 Å². The fraction of sp³-hybridized carbons (Fsp3) is 0.400. The highest BCUT2D eigenvalue weighted by molar-refractivity contribution is 6.21. The monoisotopic (exact) mass is 435 g/mol. The highest BCUT2D eigenvalue weighted by Crippen LogP contribution is 2.24. The van der Waals surface area contributed by atoms with Crippen LogP contribution in [0.3, 0.4) is 0 Å². The third-order valence-corrected chi connectivity index (χ3v) is 6.00. The highest BCUT2D eigenvalue weighted by atomic mass is 16.5. The predicted octanol–water partition coefficient (Wildman–Crippen LogP) is 2.52. The standard InChI is InChI=1S/C25H29N3O4/c1-18-8-9-21-22(15-18)25(31)28(24(21)30)10-4-7-23(29)26-16-19-5-2-3-6-20(19)17-27-11-13-32-14-12-27/h2-3,5-6,8-9,15H,4,7,10-14,16-17H2,1H3,(H,26,29). The maximum absolute atomic E-state index is 12.5. The van der Waals surface area contributed by atoms with Crippen LogP contribution in [0.2, 0.25) is 0 Å². The summed E-state index contributed by atoms with van der Waals surface area (Å²) in [5.74, 6) is -0.632. The number of nitrogens with one attached hydrogen (secondary N) is 1. The zero-order valence-corrected chi connectivity index (χ0v) is 18.4. The van der Waals surface area contributed by atoms with E-state index < -0.39 is 0 Å². The molecule has 2 aliphatic heterocycles. The molecule has 0 bridgehead atoms. The van der Waals surface area contributed by atoms with Gasteiger partial charge in [0, 0.05) is 39.1 Å².